The Balaban J connectivity index is 0.00000110. The van der Waals surface area contributed by atoms with Gasteiger partial charge in [0.25, 0.3) is 0 Å². The van der Waals surface area contributed by atoms with Crippen molar-refractivity contribution in [3.63, 3.8) is 0 Å². The van der Waals surface area contributed by atoms with Gasteiger partial charge in [0.05, 0.1) is 0 Å². The van der Waals surface area contributed by atoms with E-state index in [2.05, 4.69) is 22.6 Å². The zero-order chi connectivity index (χ0) is 13.2. The van der Waals surface area contributed by atoms with Gasteiger partial charge in [-0.3, -0.25) is 4.79 Å². The molecule has 0 spiro atoms. The summed E-state index contributed by atoms with van der Waals surface area (Å²) in [5.74, 6) is 0.257. The van der Waals surface area contributed by atoms with Crippen molar-refractivity contribution < 1.29 is 4.79 Å². The molecule has 124 valence electrons. The fraction of sp³-hybridized carbons (Fsp3) is 0.933. The Kier molecular flexibility index (Phi) is 7.75. The van der Waals surface area contributed by atoms with Crippen LogP contribution in [0, 0.1) is 0 Å². The second-order valence-corrected chi connectivity index (χ2v) is 6.64. The zero-order valence-electron chi connectivity index (χ0n) is 12.8. The quantitative estimate of drug-likeness (QED) is 0.828. The zero-order valence-corrected chi connectivity index (χ0v) is 14.5. The smallest absolute Gasteiger partial charge is 0.221 e. The minimum absolute atomic E-state index is 0. The van der Waals surface area contributed by atoms with Crippen LogP contribution in [-0.2, 0) is 4.79 Å². The predicted molar refractivity (Wildman–Crippen MR) is 90.5 cm³/mol. The van der Waals surface area contributed by atoms with Crippen molar-refractivity contribution in [2.75, 3.05) is 13.6 Å². The van der Waals surface area contributed by atoms with Crippen LogP contribution in [0.1, 0.15) is 51.4 Å². The average Bonchev–Trinajstić information content (AvgIpc) is 2.83. The van der Waals surface area contributed by atoms with Gasteiger partial charge in [-0.2, -0.15) is 0 Å². The molecule has 21 heavy (non-hydrogen) atoms. The monoisotopic (exact) mass is 337 g/mol. The van der Waals surface area contributed by atoms with Crippen LogP contribution in [0.25, 0.3) is 0 Å². The highest BCUT2D eigenvalue weighted by Crippen LogP contribution is 2.32. The molecule has 3 saturated heterocycles. The Bertz CT molecular complexity index is 323. The fourth-order valence-corrected chi connectivity index (χ4v) is 4.18. The number of nitrogens with one attached hydrogen (secondary N) is 2. The van der Waals surface area contributed by atoms with Crippen molar-refractivity contribution in [1.82, 2.24) is 15.5 Å². The van der Waals surface area contributed by atoms with Crippen molar-refractivity contribution in [3.8, 4) is 0 Å². The minimum atomic E-state index is 0. The molecule has 0 saturated carbocycles. The average molecular weight is 338 g/mol. The maximum absolute atomic E-state index is 12.1. The Morgan fingerprint density at radius 3 is 2.38 bits per heavy atom. The molecule has 3 heterocycles. The third-order valence-corrected chi connectivity index (χ3v) is 5.30. The van der Waals surface area contributed by atoms with Gasteiger partial charge in [0, 0.05) is 30.6 Å². The molecule has 2 N–H and O–H groups in total. The molecule has 6 heteroatoms. The van der Waals surface area contributed by atoms with E-state index in [4.69, 9.17) is 0 Å². The number of nitrogens with zero attached hydrogens (tertiary/aromatic N) is 1. The SMILES string of the molecule is CN1C2CCCC1CC(NC(=O)CC1CCCN1)C2.Cl.Cl. The number of rotatable bonds is 3. The summed E-state index contributed by atoms with van der Waals surface area (Å²) in [7, 11) is 2.26. The van der Waals surface area contributed by atoms with Gasteiger partial charge >= 0.3 is 0 Å². The molecule has 0 aromatic carbocycles. The van der Waals surface area contributed by atoms with Crippen LogP contribution in [0.4, 0.5) is 0 Å². The van der Waals surface area contributed by atoms with E-state index in [1.165, 1.54) is 25.7 Å². The van der Waals surface area contributed by atoms with Crippen LogP contribution in [-0.4, -0.2) is 48.6 Å². The second kappa shape index (κ2) is 8.56. The van der Waals surface area contributed by atoms with Gasteiger partial charge in [-0.15, -0.1) is 24.8 Å². The fourth-order valence-electron chi connectivity index (χ4n) is 4.18. The summed E-state index contributed by atoms with van der Waals surface area (Å²) in [4.78, 5) is 14.7. The van der Waals surface area contributed by atoms with E-state index in [0.29, 0.717) is 30.6 Å². The van der Waals surface area contributed by atoms with E-state index >= 15 is 0 Å². The molecule has 1 amide bonds. The van der Waals surface area contributed by atoms with Crippen LogP contribution in [0.2, 0.25) is 0 Å². The lowest BCUT2D eigenvalue weighted by Gasteiger charge is -2.47. The van der Waals surface area contributed by atoms with E-state index < -0.39 is 0 Å². The van der Waals surface area contributed by atoms with Crippen LogP contribution in [0.3, 0.4) is 0 Å². The summed E-state index contributed by atoms with van der Waals surface area (Å²) < 4.78 is 0. The number of carbonyl (C=O) groups excluding carboxylic acids is 1. The first kappa shape index (κ1) is 19.0. The van der Waals surface area contributed by atoms with Crippen LogP contribution >= 0.6 is 24.8 Å². The molecule has 3 rings (SSSR count). The molecule has 3 fully saturated rings. The molecule has 3 aliphatic rings. The van der Waals surface area contributed by atoms with E-state index in [9.17, 15) is 4.79 Å². The number of hydrogen-bond acceptors (Lipinski definition) is 3. The highest BCUT2D eigenvalue weighted by Gasteiger charge is 2.36. The van der Waals surface area contributed by atoms with Gasteiger partial charge < -0.3 is 15.5 Å². The molecule has 0 aromatic rings. The number of piperidine rings is 2. The summed E-state index contributed by atoms with van der Waals surface area (Å²) in [5, 5.41) is 6.69. The number of carbonyl (C=O) groups is 1. The molecule has 2 bridgehead atoms. The molecular formula is C15H29Cl2N3O. The van der Waals surface area contributed by atoms with Crippen LogP contribution in [0.5, 0.6) is 0 Å². The maximum Gasteiger partial charge on any atom is 0.221 e. The molecule has 3 unspecified atom stereocenters. The van der Waals surface area contributed by atoms with E-state index in [-0.39, 0.29) is 30.7 Å². The molecule has 3 aliphatic heterocycles. The summed E-state index contributed by atoms with van der Waals surface area (Å²) >= 11 is 0. The molecule has 0 aliphatic carbocycles. The number of fused-ring (bicyclic) bond motifs is 2. The minimum Gasteiger partial charge on any atom is -0.353 e. The van der Waals surface area contributed by atoms with Crippen molar-refractivity contribution in [1.29, 1.82) is 0 Å². The third kappa shape index (κ3) is 4.72. The predicted octanol–water partition coefficient (Wildman–Crippen LogP) is 2.10. The highest BCUT2D eigenvalue weighted by atomic mass is 35.5. The molecule has 3 atom stereocenters. The van der Waals surface area contributed by atoms with Crippen LogP contribution in [0.15, 0.2) is 0 Å². The molecule has 0 aromatic heterocycles. The van der Waals surface area contributed by atoms with E-state index in [1.807, 2.05) is 0 Å². The highest BCUT2D eigenvalue weighted by molar-refractivity contribution is 5.85. The molecule has 4 nitrogen and oxygen atoms in total. The second-order valence-electron chi connectivity index (χ2n) is 6.64. The third-order valence-electron chi connectivity index (χ3n) is 5.30. The normalized spacial score (nSPS) is 35.5. The lowest BCUT2D eigenvalue weighted by molar-refractivity contribution is -0.123. The number of amides is 1. The Morgan fingerprint density at radius 1 is 1.14 bits per heavy atom. The molecule has 0 radical (unpaired) electrons. The lowest BCUT2D eigenvalue weighted by atomic mass is 9.82. The van der Waals surface area contributed by atoms with E-state index in [0.717, 1.165) is 25.8 Å². The van der Waals surface area contributed by atoms with Gasteiger partial charge in [-0.1, -0.05) is 6.42 Å². The van der Waals surface area contributed by atoms with Crippen molar-refractivity contribution in [2.24, 2.45) is 0 Å². The Morgan fingerprint density at radius 2 is 1.81 bits per heavy atom. The molecular weight excluding hydrogens is 309 g/mol. The maximum atomic E-state index is 12.1. The number of hydrogen-bond donors (Lipinski definition) is 2. The van der Waals surface area contributed by atoms with Gasteiger partial charge in [0.1, 0.15) is 0 Å². The van der Waals surface area contributed by atoms with Crippen LogP contribution < -0.4 is 10.6 Å². The lowest BCUT2D eigenvalue weighted by Crippen LogP contribution is -2.55. The van der Waals surface area contributed by atoms with Gasteiger partial charge in [0.2, 0.25) is 5.91 Å². The number of halogens is 2. The van der Waals surface area contributed by atoms with Crippen molar-refractivity contribution in [3.05, 3.63) is 0 Å². The topological polar surface area (TPSA) is 44.4 Å². The standard InChI is InChI=1S/C15H27N3O.2ClH/c1-18-13-5-2-6-14(18)9-12(8-13)17-15(19)10-11-4-3-7-16-11;;/h11-14,16H,2-10H2,1H3,(H,17,19);2*1H. The van der Waals surface area contributed by atoms with Gasteiger partial charge in [-0.25, -0.2) is 0 Å². The van der Waals surface area contributed by atoms with Gasteiger partial charge in [-0.05, 0) is 52.1 Å². The largest absolute Gasteiger partial charge is 0.353 e. The Labute approximate surface area is 140 Å². The summed E-state index contributed by atoms with van der Waals surface area (Å²) in [6, 6.07) is 2.23. The Hall–Kier alpha value is -0.0300. The van der Waals surface area contributed by atoms with Gasteiger partial charge in [0.15, 0.2) is 0 Å². The summed E-state index contributed by atoms with van der Waals surface area (Å²) in [5.41, 5.74) is 0. The van der Waals surface area contributed by atoms with E-state index in [1.54, 1.807) is 0 Å². The first-order valence-corrected chi connectivity index (χ1v) is 7.97. The van der Waals surface area contributed by atoms with Crippen molar-refractivity contribution in [2.45, 2.75) is 75.5 Å². The van der Waals surface area contributed by atoms with Crippen molar-refractivity contribution >= 4 is 30.7 Å². The first-order valence-electron chi connectivity index (χ1n) is 7.97. The summed E-state index contributed by atoms with van der Waals surface area (Å²) in [6.07, 6.45) is 9.33. The summed E-state index contributed by atoms with van der Waals surface area (Å²) in [6.45, 7) is 1.08. The first-order chi connectivity index (χ1) is 9.22.